The van der Waals surface area contributed by atoms with Gasteiger partial charge >= 0.3 is 5.97 Å². The molecule has 1 aromatic carbocycles. The van der Waals surface area contributed by atoms with Gasteiger partial charge in [0.2, 0.25) is 0 Å². The maximum atomic E-state index is 11.4. The second-order valence-corrected chi connectivity index (χ2v) is 3.37. The Morgan fingerprint density at radius 3 is 2.65 bits per heavy atom. The summed E-state index contributed by atoms with van der Waals surface area (Å²) in [5, 5.41) is 4.12. The molecule has 0 radical (unpaired) electrons. The Morgan fingerprint density at radius 1 is 1.29 bits per heavy atom. The molecule has 0 bridgehead atoms. The van der Waals surface area contributed by atoms with Crippen molar-refractivity contribution in [3.63, 3.8) is 0 Å². The highest BCUT2D eigenvalue weighted by molar-refractivity contribution is 5.91. The Hall–Kier alpha value is -2.36. The Kier molecular flexibility index (Phi) is 3.35. The van der Waals surface area contributed by atoms with Crippen molar-refractivity contribution >= 4 is 11.7 Å². The van der Waals surface area contributed by atoms with Gasteiger partial charge in [-0.3, -0.25) is 0 Å². The summed E-state index contributed by atoms with van der Waals surface area (Å²) < 4.78 is 6.28. The lowest BCUT2D eigenvalue weighted by Crippen LogP contribution is -2.04. The SMILES string of the molecule is COC(=O)C=C(c1ccccc1)n1cccn1. The third-order valence-corrected chi connectivity index (χ3v) is 2.28. The smallest absolute Gasteiger partial charge is 0.332 e. The summed E-state index contributed by atoms with van der Waals surface area (Å²) in [7, 11) is 1.35. The van der Waals surface area contributed by atoms with E-state index in [1.807, 2.05) is 30.3 Å². The molecule has 4 heteroatoms. The molecule has 0 spiro atoms. The zero-order chi connectivity index (χ0) is 12.1. The molecule has 0 aliphatic rings. The van der Waals surface area contributed by atoms with Crippen LogP contribution in [0.1, 0.15) is 5.56 Å². The molecule has 2 rings (SSSR count). The van der Waals surface area contributed by atoms with Gasteiger partial charge in [0.25, 0.3) is 0 Å². The Balaban J connectivity index is 2.46. The van der Waals surface area contributed by atoms with Crippen LogP contribution in [0.25, 0.3) is 5.70 Å². The quantitative estimate of drug-likeness (QED) is 0.595. The molecule has 0 saturated carbocycles. The molecule has 17 heavy (non-hydrogen) atoms. The molecular formula is C13H12N2O2. The molecule has 0 saturated heterocycles. The summed E-state index contributed by atoms with van der Waals surface area (Å²) in [5.74, 6) is -0.403. The Labute approximate surface area is 99.1 Å². The van der Waals surface area contributed by atoms with Crippen molar-refractivity contribution in [3.8, 4) is 0 Å². The standard InChI is InChI=1S/C13H12N2O2/c1-17-13(16)10-12(15-9-5-8-14-15)11-6-3-2-4-7-11/h2-10H,1H3. The molecule has 0 N–H and O–H groups in total. The van der Waals surface area contributed by atoms with Crippen molar-refractivity contribution < 1.29 is 9.53 Å². The van der Waals surface area contributed by atoms with Crippen LogP contribution in [-0.4, -0.2) is 22.9 Å². The number of benzene rings is 1. The number of nitrogens with zero attached hydrogens (tertiary/aromatic N) is 2. The summed E-state index contributed by atoms with van der Waals surface area (Å²) in [4.78, 5) is 11.4. The van der Waals surface area contributed by atoms with Gasteiger partial charge in [-0.05, 0) is 6.07 Å². The topological polar surface area (TPSA) is 44.1 Å². The highest BCUT2D eigenvalue weighted by Crippen LogP contribution is 2.15. The first-order chi connectivity index (χ1) is 8.31. The zero-order valence-corrected chi connectivity index (χ0v) is 9.41. The van der Waals surface area contributed by atoms with Crippen molar-refractivity contribution in [2.45, 2.75) is 0 Å². The second kappa shape index (κ2) is 5.12. The number of ether oxygens (including phenoxy) is 1. The molecule has 0 atom stereocenters. The van der Waals surface area contributed by atoms with Gasteiger partial charge in [0.05, 0.1) is 12.8 Å². The first-order valence-corrected chi connectivity index (χ1v) is 5.16. The molecule has 2 aromatic rings. The number of rotatable bonds is 3. The van der Waals surface area contributed by atoms with Crippen molar-refractivity contribution in [2.75, 3.05) is 7.11 Å². The lowest BCUT2D eigenvalue weighted by Gasteiger charge is -2.07. The summed E-state index contributed by atoms with van der Waals surface area (Å²) in [6.45, 7) is 0. The fourth-order valence-corrected chi connectivity index (χ4v) is 1.47. The van der Waals surface area contributed by atoms with Crippen LogP contribution >= 0.6 is 0 Å². The lowest BCUT2D eigenvalue weighted by atomic mass is 10.1. The number of hydrogen-bond donors (Lipinski definition) is 0. The molecule has 0 aliphatic carbocycles. The Morgan fingerprint density at radius 2 is 2.06 bits per heavy atom. The van der Waals surface area contributed by atoms with Gasteiger partial charge in [-0.2, -0.15) is 5.10 Å². The van der Waals surface area contributed by atoms with Crippen molar-refractivity contribution in [2.24, 2.45) is 0 Å². The van der Waals surface area contributed by atoms with Crippen LogP contribution in [0.4, 0.5) is 0 Å². The third-order valence-electron chi connectivity index (χ3n) is 2.28. The molecule has 1 aromatic heterocycles. The number of aromatic nitrogens is 2. The van der Waals surface area contributed by atoms with E-state index < -0.39 is 5.97 Å². The summed E-state index contributed by atoms with van der Waals surface area (Å²) >= 11 is 0. The van der Waals surface area contributed by atoms with Crippen LogP contribution in [0.3, 0.4) is 0 Å². The fourth-order valence-electron chi connectivity index (χ4n) is 1.47. The largest absolute Gasteiger partial charge is 0.466 e. The van der Waals surface area contributed by atoms with E-state index in [0.717, 1.165) is 5.56 Å². The van der Waals surface area contributed by atoms with E-state index in [9.17, 15) is 4.79 Å². The predicted molar refractivity (Wildman–Crippen MR) is 64.1 cm³/mol. The van der Waals surface area contributed by atoms with Gasteiger partial charge in [0.15, 0.2) is 0 Å². The highest BCUT2D eigenvalue weighted by Gasteiger charge is 2.07. The van der Waals surface area contributed by atoms with Crippen LogP contribution in [0.5, 0.6) is 0 Å². The van der Waals surface area contributed by atoms with E-state index in [4.69, 9.17) is 0 Å². The zero-order valence-electron chi connectivity index (χ0n) is 9.41. The normalized spacial score (nSPS) is 11.2. The average molecular weight is 228 g/mol. The van der Waals surface area contributed by atoms with Crippen molar-refractivity contribution in [1.82, 2.24) is 9.78 Å². The van der Waals surface area contributed by atoms with E-state index >= 15 is 0 Å². The van der Waals surface area contributed by atoms with Gasteiger partial charge in [-0.25, -0.2) is 9.48 Å². The van der Waals surface area contributed by atoms with E-state index in [-0.39, 0.29) is 0 Å². The van der Waals surface area contributed by atoms with E-state index in [2.05, 4.69) is 9.84 Å². The number of esters is 1. The van der Waals surface area contributed by atoms with E-state index in [0.29, 0.717) is 5.70 Å². The minimum atomic E-state index is -0.403. The Bertz CT molecular complexity index is 516. The third kappa shape index (κ3) is 2.60. The highest BCUT2D eigenvalue weighted by atomic mass is 16.5. The number of carbonyl (C=O) groups is 1. The molecule has 0 unspecified atom stereocenters. The van der Waals surface area contributed by atoms with Gasteiger partial charge in [-0.1, -0.05) is 30.3 Å². The molecule has 0 aliphatic heterocycles. The maximum Gasteiger partial charge on any atom is 0.332 e. The van der Waals surface area contributed by atoms with Gasteiger partial charge in [0.1, 0.15) is 0 Å². The lowest BCUT2D eigenvalue weighted by molar-refractivity contribution is -0.134. The van der Waals surface area contributed by atoms with Crippen LogP contribution < -0.4 is 0 Å². The van der Waals surface area contributed by atoms with Crippen LogP contribution in [0, 0.1) is 0 Å². The molecule has 1 heterocycles. The first kappa shape index (κ1) is 11.1. The van der Waals surface area contributed by atoms with E-state index in [1.165, 1.54) is 13.2 Å². The predicted octanol–water partition coefficient (Wildman–Crippen LogP) is 1.95. The average Bonchev–Trinajstić information content (AvgIpc) is 2.90. The summed E-state index contributed by atoms with van der Waals surface area (Å²) in [6, 6.07) is 11.4. The number of methoxy groups -OCH3 is 1. The maximum absolute atomic E-state index is 11.4. The number of hydrogen-bond acceptors (Lipinski definition) is 3. The van der Waals surface area contributed by atoms with Gasteiger partial charge in [0, 0.05) is 24.0 Å². The summed E-state index contributed by atoms with van der Waals surface area (Å²) in [5.41, 5.74) is 1.59. The summed E-state index contributed by atoms with van der Waals surface area (Å²) in [6.07, 6.45) is 4.86. The molecule has 86 valence electrons. The van der Waals surface area contributed by atoms with Crippen LogP contribution in [0.2, 0.25) is 0 Å². The second-order valence-electron chi connectivity index (χ2n) is 3.37. The molecule has 0 fully saturated rings. The first-order valence-electron chi connectivity index (χ1n) is 5.16. The van der Waals surface area contributed by atoms with Gasteiger partial charge < -0.3 is 4.74 Å². The molecule has 4 nitrogen and oxygen atoms in total. The van der Waals surface area contributed by atoms with Crippen molar-refractivity contribution in [1.29, 1.82) is 0 Å². The van der Waals surface area contributed by atoms with Crippen molar-refractivity contribution in [3.05, 3.63) is 60.4 Å². The minimum Gasteiger partial charge on any atom is -0.466 e. The molecular weight excluding hydrogens is 216 g/mol. The minimum absolute atomic E-state index is 0.403. The fraction of sp³-hybridized carbons (Fsp3) is 0.0769. The van der Waals surface area contributed by atoms with Crippen LogP contribution in [-0.2, 0) is 9.53 Å². The van der Waals surface area contributed by atoms with E-state index in [1.54, 1.807) is 23.1 Å². The molecule has 0 amide bonds. The number of carbonyl (C=O) groups excluding carboxylic acids is 1. The monoisotopic (exact) mass is 228 g/mol. The van der Waals surface area contributed by atoms with Gasteiger partial charge in [-0.15, -0.1) is 0 Å². The van der Waals surface area contributed by atoms with Crippen LogP contribution in [0.15, 0.2) is 54.9 Å².